The van der Waals surface area contributed by atoms with Crippen LogP contribution in [-0.4, -0.2) is 37.2 Å². The van der Waals surface area contributed by atoms with E-state index in [9.17, 15) is 14.4 Å². The molecule has 6 heteroatoms. The Labute approximate surface area is 380 Å². The first-order valence-electron chi connectivity index (χ1n) is 27.5. The van der Waals surface area contributed by atoms with E-state index in [1.807, 2.05) is 0 Å². The highest BCUT2D eigenvalue weighted by Gasteiger charge is 2.19. The van der Waals surface area contributed by atoms with Gasteiger partial charge in [0.25, 0.3) is 0 Å². The molecule has 362 valence electrons. The minimum Gasteiger partial charge on any atom is -0.462 e. The monoisotopic (exact) mass is 863 g/mol. The second-order valence-corrected chi connectivity index (χ2v) is 18.9. The molecule has 0 aliphatic carbocycles. The number of unbranched alkanes of at least 4 members (excludes halogenated alkanes) is 40. The fraction of sp³-hybridized carbons (Fsp3) is 0.945. The molecule has 0 aromatic carbocycles. The molecule has 0 fully saturated rings. The van der Waals surface area contributed by atoms with E-state index >= 15 is 0 Å². The molecule has 0 saturated carbocycles. The zero-order chi connectivity index (χ0) is 44.4. The lowest BCUT2D eigenvalue weighted by Crippen LogP contribution is -2.30. The van der Waals surface area contributed by atoms with Gasteiger partial charge in [-0.3, -0.25) is 14.4 Å². The Morgan fingerprint density at radius 3 is 0.656 bits per heavy atom. The van der Waals surface area contributed by atoms with E-state index in [1.165, 1.54) is 218 Å². The zero-order valence-corrected chi connectivity index (χ0v) is 41.5. The van der Waals surface area contributed by atoms with Gasteiger partial charge in [-0.25, -0.2) is 0 Å². The molecule has 0 amide bonds. The van der Waals surface area contributed by atoms with Crippen LogP contribution >= 0.6 is 0 Å². The van der Waals surface area contributed by atoms with Crippen LogP contribution in [0.25, 0.3) is 0 Å². The van der Waals surface area contributed by atoms with Crippen LogP contribution in [0.2, 0.25) is 0 Å². The summed E-state index contributed by atoms with van der Waals surface area (Å²) >= 11 is 0. The van der Waals surface area contributed by atoms with Gasteiger partial charge in [0.05, 0.1) is 0 Å². The van der Waals surface area contributed by atoms with Crippen molar-refractivity contribution in [1.82, 2.24) is 0 Å². The summed E-state index contributed by atoms with van der Waals surface area (Å²) in [6, 6.07) is 0. The van der Waals surface area contributed by atoms with Crippen LogP contribution in [-0.2, 0) is 28.6 Å². The minimum absolute atomic E-state index is 0.0614. The molecule has 0 spiro atoms. The molecule has 0 unspecified atom stereocenters. The van der Waals surface area contributed by atoms with Crippen molar-refractivity contribution in [2.45, 2.75) is 322 Å². The van der Waals surface area contributed by atoms with Crippen molar-refractivity contribution < 1.29 is 28.6 Å². The molecule has 1 atom stereocenters. The van der Waals surface area contributed by atoms with Gasteiger partial charge in [0.2, 0.25) is 0 Å². The van der Waals surface area contributed by atoms with Crippen LogP contribution in [0.15, 0.2) is 0 Å². The molecule has 0 aromatic heterocycles. The third-order valence-corrected chi connectivity index (χ3v) is 12.6. The van der Waals surface area contributed by atoms with Crippen molar-refractivity contribution in [1.29, 1.82) is 0 Å². The zero-order valence-electron chi connectivity index (χ0n) is 41.5. The van der Waals surface area contributed by atoms with Crippen LogP contribution in [0.3, 0.4) is 0 Å². The first kappa shape index (κ1) is 59.4. The number of esters is 3. The summed E-state index contributed by atoms with van der Waals surface area (Å²) < 4.78 is 16.8. The third kappa shape index (κ3) is 49.3. The maximum absolute atomic E-state index is 12.8. The van der Waals surface area contributed by atoms with E-state index in [0.717, 1.165) is 57.8 Å². The highest BCUT2D eigenvalue weighted by Crippen LogP contribution is 2.17. The summed E-state index contributed by atoms with van der Waals surface area (Å²) in [6.45, 7) is 6.69. The van der Waals surface area contributed by atoms with E-state index < -0.39 is 6.10 Å². The Balaban J connectivity index is 4.27. The number of carbonyl (C=O) groups excluding carboxylic acids is 3. The molecule has 0 saturated heterocycles. The lowest BCUT2D eigenvalue weighted by molar-refractivity contribution is -0.167. The quantitative estimate of drug-likeness (QED) is 0.0344. The fourth-order valence-corrected chi connectivity index (χ4v) is 8.45. The number of carbonyl (C=O) groups is 3. The van der Waals surface area contributed by atoms with Gasteiger partial charge in [0, 0.05) is 19.3 Å². The molecular weight excluding hydrogens is 757 g/mol. The predicted octanol–water partition coefficient (Wildman–Crippen LogP) is 18.0. The smallest absolute Gasteiger partial charge is 0.306 e. The maximum atomic E-state index is 12.8. The number of hydrogen-bond donors (Lipinski definition) is 0. The molecule has 0 N–H and O–H groups in total. The minimum atomic E-state index is -0.760. The van der Waals surface area contributed by atoms with Crippen molar-refractivity contribution in [3.05, 3.63) is 0 Å². The summed E-state index contributed by atoms with van der Waals surface area (Å²) in [6.07, 6.45) is 55.1. The Hall–Kier alpha value is -1.59. The molecule has 0 aliphatic rings. The third-order valence-electron chi connectivity index (χ3n) is 12.6. The van der Waals surface area contributed by atoms with Crippen LogP contribution in [0.5, 0.6) is 0 Å². The Bertz CT molecular complexity index is 905. The topological polar surface area (TPSA) is 78.9 Å². The SMILES string of the molecule is CCCCCCCCCCCCCCCCCCCC(=O)OC[C@@H](COC(=O)CCCCCCCCCCCCC)OC(=O)CCCCCCCCCCCCCCCCC. The van der Waals surface area contributed by atoms with Gasteiger partial charge in [-0.2, -0.15) is 0 Å². The summed E-state index contributed by atoms with van der Waals surface area (Å²) in [5.41, 5.74) is 0. The number of ether oxygens (including phenoxy) is 3. The lowest BCUT2D eigenvalue weighted by Gasteiger charge is -2.18. The summed E-state index contributed by atoms with van der Waals surface area (Å²) in [4.78, 5) is 38.0. The highest BCUT2D eigenvalue weighted by molar-refractivity contribution is 5.71. The van der Waals surface area contributed by atoms with Gasteiger partial charge < -0.3 is 14.2 Å². The molecule has 0 rings (SSSR count). The van der Waals surface area contributed by atoms with Crippen LogP contribution in [0.4, 0.5) is 0 Å². The average molecular weight is 863 g/mol. The molecule has 6 nitrogen and oxygen atoms in total. The summed E-state index contributed by atoms with van der Waals surface area (Å²) in [5, 5.41) is 0. The van der Waals surface area contributed by atoms with E-state index in [2.05, 4.69) is 20.8 Å². The molecule has 61 heavy (non-hydrogen) atoms. The van der Waals surface area contributed by atoms with Gasteiger partial charge in [0.1, 0.15) is 13.2 Å². The second-order valence-electron chi connectivity index (χ2n) is 18.9. The summed E-state index contributed by atoms with van der Waals surface area (Å²) in [5.74, 6) is -0.837. The van der Waals surface area contributed by atoms with E-state index in [1.54, 1.807) is 0 Å². The van der Waals surface area contributed by atoms with Crippen molar-refractivity contribution >= 4 is 17.9 Å². The predicted molar refractivity (Wildman–Crippen MR) is 261 cm³/mol. The van der Waals surface area contributed by atoms with Crippen molar-refractivity contribution in [2.75, 3.05) is 13.2 Å². The molecule has 0 radical (unpaired) electrons. The Morgan fingerprint density at radius 1 is 0.262 bits per heavy atom. The van der Waals surface area contributed by atoms with E-state index in [0.29, 0.717) is 19.3 Å². The largest absolute Gasteiger partial charge is 0.462 e. The first-order chi connectivity index (χ1) is 30.0. The van der Waals surface area contributed by atoms with Crippen LogP contribution in [0, 0.1) is 0 Å². The average Bonchev–Trinajstić information content (AvgIpc) is 3.26. The second kappa shape index (κ2) is 51.0. The van der Waals surface area contributed by atoms with Crippen molar-refractivity contribution in [2.24, 2.45) is 0 Å². The molecule has 0 aromatic rings. The fourth-order valence-electron chi connectivity index (χ4n) is 8.45. The number of hydrogen-bond acceptors (Lipinski definition) is 6. The van der Waals surface area contributed by atoms with Crippen LogP contribution < -0.4 is 0 Å². The number of rotatable bonds is 51. The first-order valence-corrected chi connectivity index (χ1v) is 27.5. The van der Waals surface area contributed by atoms with Gasteiger partial charge in [-0.05, 0) is 19.3 Å². The summed E-state index contributed by atoms with van der Waals surface area (Å²) in [7, 11) is 0. The van der Waals surface area contributed by atoms with Crippen LogP contribution in [0.1, 0.15) is 316 Å². The van der Waals surface area contributed by atoms with Gasteiger partial charge in [-0.1, -0.05) is 278 Å². The lowest BCUT2D eigenvalue weighted by atomic mass is 10.0. The molecule has 0 heterocycles. The van der Waals surface area contributed by atoms with Crippen molar-refractivity contribution in [3.63, 3.8) is 0 Å². The van der Waals surface area contributed by atoms with E-state index in [4.69, 9.17) is 14.2 Å². The molecule has 0 bridgehead atoms. The maximum Gasteiger partial charge on any atom is 0.306 e. The van der Waals surface area contributed by atoms with Crippen molar-refractivity contribution in [3.8, 4) is 0 Å². The van der Waals surface area contributed by atoms with Gasteiger partial charge >= 0.3 is 17.9 Å². The Morgan fingerprint density at radius 2 is 0.443 bits per heavy atom. The van der Waals surface area contributed by atoms with Gasteiger partial charge in [-0.15, -0.1) is 0 Å². The highest BCUT2D eigenvalue weighted by atomic mass is 16.6. The molecular formula is C55H106O6. The molecule has 0 aliphatic heterocycles. The standard InChI is InChI=1S/C55H106O6/c1-4-7-10-13-16-19-22-24-26-27-29-30-33-36-39-42-45-48-54(57)60-51-52(50-59-53(56)47-44-41-38-35-32-21-18-15-12-9-6-3)61-55(58)49-46-43-40-37-34-31-28-25-23-20-17-14-11-8-5-2/h52H,4-51H2,1-3H3/t52-/m1/s1. The van der Waals surface area contributed by atoms with E-state index in [-0.39, 0.29) is 31.1 Å². The normalized spacial score (nSPS) is 11.9. The Kier molecular flexibility index (Phi) is 49.7. The van der Waals surface area contributed by atoms with Gasteiger partial charge in [0.15, 0.2) is 6.10 Å².